The van der Waals surface area contributed by atoms with Crippen molar-refractivity contribution in [2.45, 2.75) is 6.10 Å². The van der Waals surface area contributed by atoms with Crippen molar-refractivity contribution in [2.24, 2.45) is 0 Å². The van der Waals surface area contributed by atoms with Gasteiger partial charge in [-0.3, -0.25) is 0 Å². The molecule has 0 aliphatic heterocycles. The van der Waals surface area contributed by atoms with Crippen LogP contribution in [0.3, 0.4) is 0 Å². The van der Waals surface area contributed by atoms with Gasteiger partial charge in [0.15, 0.2) is 0 Å². The zero-order valence-electron chi connectivity index (χ0n) is 8.18. The zero-order valence-corrected chi connectivity index (χ0v) is 9.69. The molecule has 1 aromatic rings. The number of hydrogen-bond donors (Lipinski definition) is 1. The average Bonchev–Trinajstić information content (AvgIpc) is 2.19. The van der Waals surface area contributed by atoms with E-state index in [4.69, 9.17) is 27.9 Å². The third-order valence-electron chi connectivity index (χ3n) is 1.99. The Kier molecular flexibility index (Phi) is 4.69. The van der Waals surface area contributed by atoms with E-state index in [1.54, 1.807) is 13.2 Å². The Hall–Kier alpha value is -0.280. The quantitative estimate of drug-likeness (QED) is 0.864. The topological polar surface area (TPSA) is 21.3 Å². The minimum Gasteiger partial charge on any atom is -0.375 e. The predicted molar refractivity (Wildman–Crippen MR) is 60.1 cm³/mol. The Morgan fingerprint density at radius 1 is 1.36 bits per heavy atom. The Bertz CT molecular complexity index is 304. The van der Waals surface area contributed by atoms with E-state index in [9.17, 15) is 0 Å². The van der Waals surface area contributed by atoms with Gasteiger partial charge in [-0.1, -0.05) is 29.3 Å². The Morgan fingerprint density at radius 2 is 2.07 bits per heavy atom. The van der Waals surface area contributed by atoms with Gasteiger partial charge in [0.25, 0.3) is 0 Å². The molecule has 1 atom stereocenters. The lowest BCUT2D eigenvalue weighted by atomic mass is 10.1. The van der Waals surface area contributed by atoms with Gasteiger partial charge in [0.1, 0.15) is 0 Å². The molecule has 2 nitrogen and oxygen atoms in total. The first kappa shape index (κ1) is 11.8. The highest BCUT2D eigenvalue weighted by atomic mass is 35.5. The molecule has 4 heteroatoms. The van der Waals surface area contributed by atoms with Gasteiger partial charge in [-0.15, -0.1) is 0 Å². The Balaban J connectivity index is 2.88. The van der Waals surface area contributed by atoms with Crippen LogP contribution >= 0.6 is 23.2 Å². The molecule has 1 aromatic carbocycles. The summed E-state index contributed by atoms with van der Waals surface area (Å²) >= 11 is 11.7. The number of rotatable bonds is 4. The van der Waals surface area contributed by atoms with Crippen LogP contribution in [0.4, 0.5) is 0 Å². The second kappa shape index (κ2) is 5.56. The second-order valence-corrected chi connectivity index (χ2v) is 3.77. The van der Waals surface area contributed by atoms with Gasteiger partial charge in [-0.05, 0) is 24.7 Å². The van der Waals surface area contributed by atoms with Crippen LogP contribution in [-0.2, 0) is 4.74 Å². The van der Waals surface area contributed by atoms with E-state index in [-0.39, 0.29) is 6.10 Å². The van der Waals surface area contributed by atoms with E-state index < -0.39 is 0 Å². The smallest absolute Gasteiger partial charge is 0.0945 e. The van der Waals surface area contributed by atoms with E-state index in [1.807, 2.05) is 19.2 Å². The molecular formula is C10H13Cl2NO. The lowest BCUT2D eigenvalue weighted by Gasteiger charge is -2.15. The normalized spacial score (nSPS) is 12.9. The monoisotopic (exact) mass is 233 g/mol. The molecule has 0 aliphatic rings. The van der Waals surface area contributed by atoms with Crippen molar-refractivity contribution in [3.05, 3.63) is 33.8 Å². The molecule has 1 N–H and O–H groups in total. The van der Waals surface area contributed by atoms with Crippen molar-refractivity contribution in [1.29, 1.82) is 0 Å². The number of benzene rings is 1. The highest BCUT2D eigenvalue weighted by Gasteiger charge is 2.10. The first-order chi connectivity index (χ1) is 6.69. The molecule has 78 valence electrons. The molecule has 0 aromatic heterocycles. The largest absolute Gasteiger partial charge is 0.375 e. The average molecular weight is 234 g/mol. The summed E-state index contributed by atoms with van der Waals surface area (Å²) in [6.45, 7) is 0.745. The van der Waals surface area contributed by atoms with Crippen LogP contribution in [-0.4, -0.2) is 20.7 Å². The SMILES string of the molecule is CNC[C@@H](OC)c1ccc(Cl)c(Cl)c1. The van der Waals surface area contributed by atoms with Crippen LogP contribution in [0.2, 0.25) is 10.0 Å². The number of nitrogens with one attached hydrogen (secondary N) is 1. The third-order valence-corrected chi connectivity index (χ3v) is 2.73. The van der Waals surface area contributed by atoms with Crippen molar-refractivity contribution < 1.29 is 4.74 Å². The molecule has 0 unspecified atom stereocenters. The maximum atomic E-state index is 5.91. The van der Waals surface area contributed by atoms with E-state index in [2.05, 4.69) is 5.32 Å². The van der Waals surface area contributed by atoms with Gasteiger partial charge in [0, 0.05) is 13.7 Å². The first-order valence-electron chi connectivity index (χ1n) is 4.31. The minimum atomic E-state index is 0.00904. The summed E-state index contributed by atoms with van der Waals surface area (Å²) in [7, 11) is 3.55. The van der Waals surface area contributed by atoms with Crippen LogP contribution < -0.4 is 5.32 Å². The van der Waals surface area contributed by atoms with E-state index >= 15 is 0 Å². The maximum Gasteiger partial charge on any atom is 0.0945 e. The van der Waals surface area contributed by atoms with E-state index in [0.717, 1.165) is 12.1 Å². The number of likely N-dealkylation sites (N-methyl/N-ethyl adjacent to an activating group) is 1. The van der Waals surface area contributed by atoms with Gasteiger partial charge >= 0.3 is 0 Å². The molecule has 0 aliphatic carbocycles. The standard InChI is InChI=1S/C10H13Cl2NO/c1-13-6-10(14-2)7-3-4-8(11)9(12)5-7/h3-5,10,13H,6H2,1-2H3/t10-/m1/s1. The summed E-state index contributed by atoms with van der Waals surface area (Å²) < 4.78 is 5.31. The molecule has 0 spiro atoms. The molecule has 0 radical (unpaired) electrons. The predicted octanol–water partition coefficient (Wildman–Crippen LogP) is 2.90. The van der Waals surface area contributed by atoms with E-state index in [0.29, 0.717) is 10.0 Å². The molecule has 1 rings (SSSR count). The lowest BCUT2D eigenvalue weighted by Crippen LogP contribution is -2.18. The molecular weight excluding hydrogens is 221 g/mol. The molecule has 0 heterocycles. The lowest BCUT2D eigenvalue weighted by molar-refractivity contribution is 0.104. The Morgan fingerprint density at radius 3 is 2.57 bits per heavy atom. The fourth-order valence-corrected chi connectivity index (χ4v) is 1.54. The van der Waals surface area contributed by atoms with Crippen molar-refractivity contribution in [3.63, 3.8) is 0 Å². The summed E-state index contributed by atoms with van der Waals surface area (Å²) in [4.78, 5) is 0. The van der Waals surface area contributed by atoms with E-state index in [1.165, 1.54) is 0 Å². The summed E-state index contributed by atoms with van der Waals surface area (Å²) in [5.74, 6) is 0. The summed E-state index contributed by atoms with van der Waals surface area (Å²) in [5, 5.41) is 4.17. The molecule has 0 amide bonds. The van der Waals surface area contributed by atoms with Crippen LogP contribution in [0.5, 0.6) is 0 Å². The highest BCUT2D eigenvalue weighted by Crippen LogP contribution is 2.26. The third kappa shape index (κ3) is 2.85. The Labute approximate surface area is 94.2 Å². The second-order valence-electron chi connectivity index (χ2n) is 2.96. The molecule has 0 bridgehead atoms. The number of methoxy groups -OCH3 is 1. The number of hydrogen-bond acceptors (Lipinski definition) is 2. The van der Waals surface area contributed by atoms with Crippen molar-refractivity contribution in [1.82, 2.24) is 5.32 Å². The summed E-state index contributed by atoms with van der Waals surface area (Å²) in [6, 6.07) is 5.52. The van der Waals surface area contributed by atoms with Gasteiger partial charge in [-0.25, -0.2) is 0 Å². The molecule has 0 fully saturated rings. The van der Waals surface area contributed by atoms with Crippen molar-refractivity contribution in [3.8, 4) is 0 Å². The van der Waals surface area contributed by atoms with Gasteiger partial charge in [0.05, 0.1) is 16.1 Å². The number of halogens is 2. The highest BCUT2D eigenvalue weighted by molar-refractivity contribution is 6.42. The van der Waals surface area contributed by atoms with Crippen LogP contribution in [0, 0.1) is 0 Å². The molecule has 14 heavy (non-hydrogen) atoms. The summed E-state index contributed by atoms with van der Waals surface area (Å²) in [6.07, 6.45) is 0.00904. The van der Waals surface area contributed by atoms with Gasteiger partial charge in [0.2, 0.25) is 0 Å². The van der Waals surface area contributed by atoms with Crippen molar-refractivity contribution >= 4 is 23.2 Å². The van der Waals surface area contributed by atoms with Crippen LogP contribution in [0.1, 0.15) is 11.7 Å². The maximum absolute atomic E-state index is 5.91. The first-order valence-corrected chi connectivity index (χ1v) is 5.07. The number of ether oxygens (including phenoxy) is 1. The molecule has 0 saturated heterocycles. The fraction of sp³-hybridized carbons (Fsp3) is 0.400. The zero-order chi connectivity index (χ0) is 10.6. The minimum absolute atomic E-state index is 0.00904. The molecule has 0 saturated carbocycles. The van der Waals surface area contributed by atoms with Gasteiger partial charge in [-0.2, -0.15) is 0 Å². The summed E-state index contributed by atoms with van der Waals surface area (Å²) in [5.41, 5.74) is 1.02. The fourth-order valence-electron chi connectivity index (χ4n) is 1.24. The van der Waals surface area contributed by atoms with Crippen LogP contribution in [0.25, 0.3) is 0 Å². The van der Waals surface area contributed by atoms with Crippen molar-refractivity contribution in [2.75, 3.05) is 20.7 Å². The van der Waals surface area contributed by atoms with Gasteiger partial charge < -0.3 is 10.1 Å². The van der Waals surface area contributed by atoms with Crippen LogP contribution in [0.15, 0.2) is 18.2 Å².